The van der Waals surface area contributed by atoms with Gasteiger partial charge in [-0.25, -0.2) is 4.98 Å². The Balaban J connectivity index is 1.78. The van der Waals surface area contributed by atoms with E-state index >= 15 is 0 Å². The van der Waals surface area contributed by atoms with Crippen molar-refractivity contribution in [2.45, 2.75) is 32.9 Å². The standard InChI is InChI=1S/C9H14N2O/c1-9(2)3-8(9)10-4-7-5-12-6-11-7/h5-6,8,10H,3-4H2,1-2H3/t8-/m0/s1. The van der Waals surface area contributed by atoms with Gasteiger partial charge in [0.05, 0.1) is 5.69 Å². The Morgan fingerprint density at radius 3 is 3.00 bits per heavy atom. The third-order valence-corrected chi connectivity index (χ3v) is 2.53. The van der Waals surface area contributed by atoms with Gasteiger partial charge in [-0.15, -0.1) is 0 Å². The van der Waals surface area contributed by atoms with Crippen LogP contribution in [-0.4, -0.2) is 11.0 Å². The lowest BCUT2D eigenvalue weighted by Crippen LogP contribution is -2.19. The van der Waals surface area contributed by atoms with E-state index in [4.69, 9.17) is 4.42 Å². The van der Waals surface area contributed by atoms with Crippen LogP contribution in [0.2, 0.25) is 0 Å². The van der Waals surface area contributed by atoms with Crippen molar-refractivity contribution in [3.63, 3.8) is 0 Å². The molecule has 1 aliphatic rings. The van der Waals surface area contributed by atoms with Crippen molar-refractivity contribution in [3.05, 3.63) is 18.4 Å². The van der Waals surface area contributed by atoms with Crippen LogP contribution >= 0.6 is 0 Å². The van der Waals surface area contributed by atoms with Gasteiger partial charge in [0, 0.05) is 12.6 Å². The molecule has 12 heavy (non-hydrogen) atoms. The SMILES string of the molecule is CC1(C)C[C@@H]1NCc1cocn1. The number of hydrogen-bond acceptors (Lipinski definition) is 3. The maximum atomic E-state index is 4.87. The molecule has 0 bridgehead atoms. The van der Waals surface area contributed by atoms with Gasteiger partial charge < -0.3 is 9.73 Å². The van der Waals surface area contributed by atoms with Crippen molar-refractivity contribution >= 4 is 0 Å². The highest BCUT2D eigenvalue weighted by Crippen LogP contribution is 2.44. The van der Waals surface area contributed by atoms with E-state index in [2.05, 4.69) is 24.1 Å². The molecule has 1 aliphatic carbocycles. The minimum absolute atomic E-state index is 0.490. The molecule has 1 atom stereocenters. The fraction of sp³-hybridized carbons (Fsp3) is 0.667. The minimum atomic E-state index is 0.490. The molecule has 1 fully saturated rings. The Hall–Kier alpha value is -0.830. The molecule has 3 nitrogen and oxygen atoms in total. The quantitative estimate of drug-likeness (QED) is 0.740. The first-order valence-corrected chi connectivity index (χ1v) is 4.29. The predicted molar refractivity (Wildman–Crippen MR) is 45.5 cm³/mol. The molecular weight excluding hydrogens is 152 g/mol. The van der Waals surface area contributed by atoms with Gasteiger partial charge in [-0.05, 0) is 11.8 Å². The average molecular weight is 166 g/mol. The molecule has 1 aromatic rings. The number of oxazole rings is 1. The number of nitrogens with zero attached hydrogens (tertiary/aromatic N) is 1. The third-order valence-electron chi connectivity index (χ3n) is 2.53. The van der Waals surface area contributed by atoms with Gasteiger partial charge in [-0.1, -0.05) is 13.8 Å². The summed E-state index contributed by atoms with van der Waals surface area (Å²) in [5.41, 5.74) is 1.47. The Bertz CT molecular complexity index is 254. The lowest BCUT2D eigenvalue weighted by Gasteiger charge is -2.03. The van der Waals surface area contributed by atoms with Crippen molar-refractivity contribution < 1.29 is 4.42 Å². The van der Waals surface area contributed by atoms with Gasteiger partial charge in [0.15, 0.2) is 6.39 Å². The van der Waals surface area contributed by atoms with Crippen LogP contribution in [0.3, 0.4) is 0 Å². The molecule has 0 saturated heterocycles. The summed E-state index contributed by atoms with van der Waals surface area (Å²) < 4.78 is 4.87. The van der Waals surface area contributed by atoms with Crippen LogP contribution < -0.4 is 5.32 Å². The number of hydrogen-bond donors (Lipinski definition) is 1. The molecule has 0 spiro atoms. The molecule has 1 aromatic heterocycles. The fourth-order valence-electron chi connectivity index (χ4n) is 1.37. The Kier molecular flexibility index (Phi) is 1.68. The molecule has 1 heterocycles. The summed E-state index contributed by atoms with van der Waals surface area (Å²) in [6.07, 6.45) is 4.42. The zero-order valence-corrected chi connectivity index (χ0v) is 7.50. The van der Waals surface area contributed by atoms with Crippen molar-refractivity contribution in [1.29, 1.82) is 0 Å². The van der Waals surface area contributed by atoms with Crippen LogP contribution in [0, 0.1) is 5.41 Å². The fourth-order valence-corrected chi connectivity index (χ4v) is 1.37. The minimum Gasteiger partial charge on any atom is -0.451 e. The van der Waals surface area contributed by atoms with Crippen molar-refractivity contribution in [2.75, 3.05) is 0 Å². The lowest BCUT2D eigenvalue weighted by atomic mass is 10.2. The lowest BCUT2D eigenvalue weighted by molar-refractivity contribution is 0.533. The van der Waals surface area contributed by atoms with Crippen LogP contribution in [-0.2, 0) is 6.54 Å². The Morgan fingerprint density at radius 1 is 1.75 bits per heavy atom. The molecule has 1 N–H and O–H groups in total. The highest BCUT2D eigenvalue weighted by Gasteiger charge is 2.45. The van der Waals surface area contributed by atoms with E-state index in [0.29, 0.717) is 11.5 Å². The predicted octanol–water partition coefficient (Wildman–Crippen LogP) is 1.56. The summed E-state index contributed by atoms with van der Waals surface area (Å²) in [5, 5.41) is 3.43. The summed E-state index contributed by atoms with van der Waals surface area (Å²) in [5.74, 6) is 0. The maximum absolute atomic E-state index is 4.87. The molecule has 1 saturated carbocycles. The van der Waals surface area contributed by atoms with E-state index in [-0.39, 0.29) is 0 Å². The molecule has 0 radical (unpaired) electrons. The monoisotopic (exact) mass is 166 g/mol. The van der Waals surface area contributed by atoms with Crippen LogP contribution in [0.5, 0.6) is 0 Å². The zero-order chi connectivity index (χ0) is 8.60. The number of rotatable bonds is 3. The summed E-state index contributed by atoms with van der Waals surface area (Å²) in [7, 11) is 0. The summed E-state index contributed by atoms with van der Waals surface area (Å²) in [6.45, 7) is 5.37. The van der Waals surface area contributed by atoms with E-state index in [1.165, 1.54) is 12.8 Å². The molecule has 0 aromatic carbocycles. The van der Waals surface area contributed by atoms with E-state index < -0.39 is 0 Å². The van der Waals surface area contributed by atoms with E-state index in [1.807, 2.05) is 0 Å². The highest BCUT2D eigenvalue weighted by molar-refractivity contribution is 5.03. The molecule has 0 amide bonds. The van der Waals surface area contributed by atoms with Crippen molar-refractivity contribution in [2.24, 2.45) is 5.41 Å². The van der Waals surface area contributed by atoms with Crippen molar-refractivity contribution in [3.8, 4) is 0 Å². The van der Waals surface area contributed by atoms with Gasteiger partial charge >= 0.3 is 0 Å². The third kappa shape index (κ3) is 1.50. The van der Waals surface area contributed by atoms with Crippen LogP contribution in [0.15, 0.2) is 17.1 Å². The van der Waals surface area contributed by atoms with Crippen LogP contribution in [0.4, 0.5) is 0 Å². The van der Waals surface area contributed by atoms with Gasteiger partial charge in [0.25, 0.3) is 0 Å². The molecule has 66 valence electrons. The van der Waals surface area contributed by atoms with Gasteiger partial charge in [0.2, 0.25) is 0 Å². The smallest absolute Gasteiger partial charge is 0.180 e. The first-order valence-electron chi connectivity index (χ1n) is 4.29. The molecule has 0 aliphatic heterocycles. The second-order valence-corrected chi connectivity index (χ2v) is 4.11. The van der Waals surface area contributed by atoms with Gasteiger partial charge in [-0.3, -0.25) is 0 Å². The number of aromatic nitrogens is 1. The van der Waals surface area contributed by atoms with Crippen LogP contribution in [0.25, 0.3) is 0 Å². The summed E-state index contributed by atoms with van der Waals surface area (Å²) in [4.78, 5) is 4.03. The second kappa shape index (κ2) is 2.59. The molecular formula is C9H14N2O. The maximum Gasteiger partial charge on any atom is 0.180 e. The van der Waals surface area contributed by atoms with E-state index in [0.717, 1.165) is 12.2 Å². The zero-order valence-electron chi connectivity index (χ0n) is 7.50. The van der Waals surface area contributed by atoms with E-state index in [1.54, 1.807) is 6.26 Å². The van der Waals surface area contributed by atoms with Crippen molar-refractivity contribution in [1.82, 2.24) is 10.3 Å². The first kappa shape index (κ1) is 7.80. The topological polar surface area (TPSA) is 38.1 Å². The highest BCUT2D eigenvalue weighted by atomic mass is 16.3. The van der Waals surface area contributed by atoms with Crippen LogP contribution in [0.1, 0.15) is 26.0 Å². The second-order valence-electron chi connectivity index (χ2n) is 4.11. The normalized spacial score (nSPS) is 25.7. The molecule has 2 rings (SSSR count). The van der Waals surface area contributed by atoms with Gasteiger partial charge in [-0.2, -0.15) is 0 Å². The number of nitrogens with one attached hydrogen (secondary N) is 1. The van der Waals surface area contributed by atoms with E-state index in [9.17, 15) is 0 Å². The first-order chi connectivity index (χ1) is 5.68. The van der Waals surface area contributed by atoms with Gasteiger partial charge in [0.1, 0.15) is 6.26 Å². The Labute approximate surface area is 72.2 Å². The Morgan fingerprint density at radius 2 is 2.50 bits per heavy atom. The molecule has 0 unspecified atom stereocenters. The largest absolute Gasteiger partial charge is 0.451 e. The summed E-state index contributed by atoms with van der Waals surface area (Å²) >= 11 is 0. The summed E-state index contributed by atoms with van der Waals surface area (Å²) in [6, 6.07) is 0.661. The molecule has 3 heteroatoms. The average Bonchev–Trinajstić information content (AvgIpc) is 2.54.